The minimum atomic E-state index is -1.67. The van der Waals surface area contributed by atoms with Gasteiger partial charge in [-0.25, -0.2) is 0 Å². The number of unbranched alkanes of at least 4 members (excludes halogenated alkanes) is 6. The minimum absolute atomic E-state index is 0.0319. The Kier molecular flexibility index (Phi) is 20.7. The third-order valence-electron chi connectivity index (χ3n) is 9.11. The van der Waals surface area contributed by atoms with Crippen molar-refractivity contribution in [2.24, 2.45) is 0 Å². The van der Waals surface area contributed by atoms with Crippen LogP contribution in [-0.2, 0) is 0 Å². The Morgan fingerprint density at radius 1 is 0.326 bits per heavy atom. The molecule has 254 valence electrons. The first-order valence-corrected chi connectivity index (χ1v) is 26.9. The molecule has 0 aliphatic heterocycles. The standard InChI is InChI=1S/C42H66AsP3/c1-7-13-31-44(32-14-8-2)40-25-19-37(20-26-40)43(38-21-27-41(28-22-38)45(33-15-9-3)34-16-10-4)39-23-29-42(30-24-39)46(35-17-11-5)36-18-12-6/h19-30H,7-18,31-36H2,1-6H3. The summed E-state index contributed by atoms with van der Waals surface area (Å²) in [5.74, 6) is 0. The Morgan fingerprint density at radius 2 is 0.522 bits per heavy atom. The second-order valence-electron chi connectivity index (χ2n) is 13.0. The van der Waals surface area contributed by atoms with Crippen molar-refractivity contribution in [1.82, 2.24) is 0 Å². The molecule has 0 aliphatic rings. The fourth-order valence-electron chi connectivity index (χ4n) is 6.09. The molecule has 4 heteroatoms. The van der Waals surface area contributed by atoms with E-state index in [9.17, 15) is 0 Å². The number of hydrogen-bond donors (Lipinski definition) is 0. The van der Waals surface area contributed by atoms with E-state index in [-0.39, 0.29) is 23.8 Å². The summed E-state index contributed by atoms with van der Waals surface area (Å²) in [5, 5.41) is 4.90. The number of rotatable bonds is 24. The van der Waals surface area contributed by atoms with Crippen molar-refractivity contribution in [2.45, 2.75) is 119 Å². The third kappa shape index (κ3) is 13.1. The van der Waals surface area contributed by atoms with E-state index in [1.54, 1.807) is 29.0 Å². The summed E-state index contributed by atoms with van der Waals surface area (Å²) in [4.78, 5) is 0. The van der Waals surface area contributed by atoms with Gasteiger partial charge in [-0.3, -0.25) is 0 Å². The van der Waals surface area contributed by atoms with Crippen LogP contribution in [0.2, 0.25) is 0 Å². The van der Waals surface area contributed by atoms with Crippen LogP contribution in [0.1, 0.15) is 119 Å². The van der Waals surface area contributed by atoms with E-state index in [1.807, 2.05) is 0 Å². The second kappa shape index (κ2) is 23.8. The molecule has 3 aromatic carbocycles. The first-order chi connectivity index (χ1) is 22.6. The van der Waals surface area contributed by atoms with Gasteiger partial charge in [0.15, 0.2) is 0 Å². The van der Waals surface area contributed by atoms with Crippen LogP contribution >= 0.6 is 23.8 Å². The van der Waals surface area contributed by atoms with E-state index in [0.717, 1.165) is 0 Å². The van der Waals surface area contributed by atoms with Crippen LogP contribution in [-0.4, -0.2) is 51.6 Å². The molecule has 0 aromatic heterocycles. The summed E-state index contributed by atoms with van der Waals surface area (Å²) in [5.41, 5.74) is 0. The molecule has 0 heterocycles. The van der Waals surface area contributed by atoms with Gasteiger partial charge in [-0.15, -0.1) is 0 Å². The normalized spacial score (nSPS) is 11.9. The van der Waals surface area contributed by atoms with Gasteiger partial charge in [-0.1, -0.05) is 0 Å². The van der Waals surface area contributed by atoms with Crippen molar-refractivity contribution in [3.05, 3.63) is 72.8 Å². The molecule has 0 nitrogen and oxygen atoms in total. The van der Waals surface area contributed by atoms with Crippen LogP contribution in [0, 0.1) is 0 Å². The van der Waals surface area contributed by atoms with E-state index in [1.165, 1.54) is 114 Å². The average Bonchev–Trinajstić information content (AvgIpc) is 3.10. The molecule has 0 spiro atoms. The maximum atomic E-state index is 2.55. The Labute approximate surface area is 294 Å². The van der Waals surface area contributed by atoms with Crippen LogP contribution in [0.4, 0.5) is 0 Å². The van der Waals surface area contributed by atoms with Gasteiger partial charge in [0, 0.05) is 0 Å². The summed E-state index contributed by atoms with van der Waals surface area (Å²) in [6, 6.07) is 30.6. The molecule has 0 fully saturated rings. The second-order valence-corrected chi connectivity index (χ2v) is 25.1. The molecule has 0 unspecified atom stereocenters. The SMILES string of the molecule is CCCCP(CCCC)c1ccc([As](c2ccc(P(CCCC)CCCC)cc2)c2ccc(P(CCCC)CCCC)cc2)cc1. The molecule has 3 aromatic rings. The van der Waals surface area contributed by atoms with E-state index < -0.39 is 14.7 Å². The maximum absolute atomic E-state index is 2.55. The molecule has 3 rings (SSSR count). The van der Waals surface area contributed by atoms with Crippen molar-refractivity contribution >= 4 is 67.4 Å². The number of hydrogen-bond acceptors (Lipinski definition) is 0. The molecule has 0 N–H and O–H groups in total. The van der Waals surface area contributed by atoms with Gasteiger partial charge in [0.2, 0.25) is 0 Å². The quantitative estimate of drug-likeness (QED) is 0.0634. The predicted octanol–water partition coefficient (Wildman–Crippen LogP) is 10.3. The molecule has 46 heavy (non-hydrogen) atoms. The van der Waals surface area contributed by atoms with E-state index in [4.69, 9.17) is 0 Å². The van der Waals surface area contributed by atoms with Crippen molar-refractivity contribution in [3.8, 4) is 0 Å². The molecule has 0 bridgehead atoms. The van der Waals surface area contributed by atoms with Crippen LogP contribution in [0.15, 0.2) is 72.8 Å². The fourth-order valence-corrected chi connectivity index (χ4v) is 18.9. The van der Waals surface area contributed by atoms with Gasteiger partial charge in [0.05, 0.1) is 0 Å². The van der Waals surface area contributed by atoms with Crippen molar-refractivity contribution in [1.29, 1.82) is 0 Å². The summed E-state index contributed by atoms with van der Waals surface area (Å²) >= 11 is -1.67. The summed E-state index contributed by atoms with van der Waals surface area (Å²) < 4.78 is 4.78. The van der Waals surface area contributed by atoms with Crippen molar-refractivity contribution in [3.63, 3.8) is 0 Å². The zero-order valence-electron chi connectivity index (χ0n) is 30.4. The molecule has 0 saturated heterocycles. The van der Waals surface area contributed by atoms with Crippen molar-refractivity contribution in [2.75, 3.05) is 37.0 Å². The number of benzene rings is 3. The zero-order valence-corrected chi connectivity index (χ0v) is 35.0. The molecule has 0 radical (unpaired) electrons. The predicted molar refractivity (Wildman–Crippen MR) is 222 cm³/mol. The van der Waals surface area contributed by atoms with Gasteiger partial charge in [0.1, 0.15) is 0 Å². The molecular formula is C42H66AsP3. The van der Waals surface area contributed by atoms with Crippen LogP contribution in [0.25, 0.3) is 0 Å². The van der Waals surface area contributed by atoms with Crippen molar-refractivity contribution < 1.29 is 0 Å². The fraction of sp³-hybridized carbons (Fsp3) is 0.571. The summed E-state index contributed by atoms with van der Waals surface area (Å²) in [6.07, 6.45) is 24.4. The van der Waals surface area contributed by atoms with Crippen LogP contribution in [0.3, 0.4) is 0 Å². The average molecular weight is 739 g/mol. The topological polar surface area (TPSA) is 0 Å². The molecule has 0 aliphatic carbocycles. The Balaban J connectivity index is 1.98. The zero-order chi connectivity index (χ0) is 33.0. The Hall–Kier alpha value is -0.492. The van der Waals surface area contributed by atoms with Gasteiger partial charge in [0.25, 0.3) is 0 Å². The molecular weight excluding hydrogens is 672 g/mol. The molecule has 0 amide bonds. The van der Waals surface area contributed by atoms with E-state index in [0.29, 0.717) is 0 Å². The first kappa shape index (κ1) is 39.9. The third-order valence-corrected chi connectivity index (χ3v) is 22.5. The molecule has 0 saturated carbocycles. The van der Waals surface area contributed by atoms with Gasteiger partial charge < -0.3 is 0 Å². The molecule has 0 atom stereocenters. The Morgan fingerprint density at radius 3 is 0.696 bits per heavy atom. The van der Waals surface area contributed by atoms with Crippen LogP contribution < -0.4 is 29.0 Å². The van der Waals surface area contributed by atoms with E-state index in [2.05, 4.69) is 114 Å². The summed E-state index contributed by atoms with van der Waals surface area (Å²) in [7, 11) is -0.0957. The van der Waals surface area contributed by atoms with Gasteiger partial charge in [-0.05, 0) is 0 Å². The van der Waals surface area contributed by atoms with Gasteiger partial charge >= 0.3 is 296 Å². The summed E-state index contributed by atoms with van der Waals surface area (Å²) in [6.45, 7) is 14.1. The Bertz CT molecular complexity index is 1000. The van der Waals surface area contributed by atoms with Crippen LogP contribution in [0.5, 0.6) is 0 Å². The van der Waals surface area contributed by atoms with Gasteiger partial charge in [-0.2, -0.15) is 0 Å². The van der Waals surface area contributed by atoms with E-state index >= 15 is 0 Å². The first-order valence-electron chi connectivity index (χ1n) is 18.9. The monoisotopic (exact) mass is 738 g/mol.